The van der Waals surface area contributed by atoms with Crippen LogP contribution in [-0.4, -0.2) is 5.34 Å². The lowest BCUT2D eigenvalue weighted by Gasteiger charge is -2.21. The predicted octanol–water partition coefficient (Wildman–Crippen LogP) is 2.06. The zero-order valence-electron chi connectivity index (χ0n) is 7.26. The van der Waals surface area contributed by atoms with Crippen molar-refractivity contribution in [1.82, 2.24) is 5.34 Å². The lowest BCUT2D eigenvalue weighted by atomic mass is 10.3. The average Bonchev–Trinajstić information content (AvgIpc) is 2.64. The van der Waals surface area contributed by atoms with Gasteiger partial charge in [0.25, 0.3) is 0 Å². The molecule has 0 saturated carbocycles. The number of nitrogens with zero attached hydrogens (tertiary/aromatic N) is 2. The third-order valence-corrected chi connectivity index (χ3v) is 2.90. The summed E-state index contributed by atoms with van der Waals surface area (Å²) in [5.41, 5.74) is -0.519. The number of fused-ring (bicyclic) bond motifs is 1. The van der Waals surface area contributed by atoms with E-state index in [-0.39, 0.29) is 0 Å². The first-order valence-electron chi connectivity index (χ1n) is 3.92. The third-order valence-electron chi connectivity index (χ3n) is 1.86. The quantitative estimate of drug-likeness (QED) is 0.564. The van der Waals surface area contributed by atoms with E-state index in [9.17, 15) is 17.7 Å². The molecule has 0 atom stereocenters. The SMILES string of the molecule is O=P12ON(O1)N(c1cc(F)c(F)cc1F)O2. The van der Waals surface area contributed by atoms with Gasteiger partial charge in [-0.1, -0.05) is 0 Å². The summed E-state index contributed by atoms with van der Waals surface area (Å²) >= 11 is 0. The molecule has 1 aromatic carbocycles. The van der Waals surface area contributed by atoms with Crippen LogP contribution >= 0.6 is 7.82 Å². The molecule has 6 nitrogen and oxygen atoms in total. The van der Waals surface area contributed by atoms with Gasteiger partial charge in [0.15, 0.2) is 17.5 Å². The maximum Gasteiger partial charge on any atom is 0.538 e. The van der Waals surface area contributed by atoms with E-state index in [2.05, 4.69) is 13.9 Å². The van der Waals surface area contributed by atoms with E-state index in [4.69, 9.17) is 0 Å². The minimum Gasteiger partial charge on any atom is -0.222 e. The molecule has 3 heterocycles. The van der Waals surface area contributed by atoms with Crippen molar-refractivity contribution in [3.8, 4) is 0 Å². The van der Waals surface area contributed by atoms with Gasteiger partial charge in [-0.05, 0) is 0 Å². The number of anilines is 1. The highest BCUT2D eigenvalue weighted by Crippen LogP contribution is 2.67. The third kappa shape index (κ3) is 1.27. The zero-order chi connectivity index (χ0) is 11.5. The molecule has 0 unspecified atom stereocenters. The second kappa shape index (κ2) is 2.96. The van der Waals surface area contributed by atoms with Gasteiger partial charge in [-0.3, -0.25) is 0 Å². The second-order valence-electron chi connectivity index (χ2n) is 2.92. The summed E-state index contributed by atoms with van der Waals surface area (Å²) in [6.07, 6.45) is 0. The van der Waals surface area contributed by atoms with Gasteiger partial charge in [0.05, 0.1) is 5.34 Å². The molecular formula is C6H2F3N2O4P. The first-order valence-corrected chi connectivity index (χ1v) is 5.38. The summed E-state index contributed by atoms with van der Waals surface area (Å²) in [6.45, 7) is 0. The molecule has 86 valence electrons. The molecule has 3 fully saturated rings. The zero-order valence-corrected chi connectivity index (χ0v) is 8.16. The molecule has 3 aliphatic rings. The normalized spacial score (nSPS) is 31.7. The van der Waals surface area contributed by atoms with E-state index in [1.54, 1.807) is 0 Å². The van der Waals surface area contributed by atoms with Crippen LogP contribution < -0.4 is 5.17 Å². The molecule has 0 amide bonds. The van der Waals surface area contributed by atoms with Crippen molar-refractivity contribution in [2.75, 3.05) is 5.17 Å². The minimum atomic E-state index is -3.70. The van der Waals surface area contributed by atoms with Crippen molar-refractivity contribution < 1.29 is 31.6 Å². The number of rotatable bonds is 1. The van der Waals surface area contributed by atoms with Crippen LogP contribution in [0.15, 0.2) is 12.1 Å². The van der Waals surface area contributed by atoms with Gasteiger partial charge < -0.3 is 0 Å². The standard InChI is InChI=1S/C6H2F3N2O4P/c7-3-1-5(9)6(2-4(3)8)10-11-14-16(12,13-10)15-11/h1-2H. The van der Waals surface area contributed by atoms with E-state index in [0.29, 0.717) is 22.6 Å². The Kier molecular flexibility index (Phi) is 1.86. The van der Waals surface area contributed by atoms with Crippen LogP contribution in [0.3, 0.4) is 0 Å². The van der Waals surface area contributed by atoms with Crippen LogP contribution in [0, 0.1) is 17.5 Å². The van der Waals surface area contributed by atoms with Crippen molar-refractivity contribution in [1.29, 1.82) is 0 Å². The largest absolute Gasteiger partial charge is 0.538 e. The fraction of sp³-hybridized carbons (Fsp3) is 0. The van der Waals surface area contributed by atoms with Gasteiger partial charge in [-0.25, -0.2) is 17.7 Å². The Morgan fingerprint density at radius 3 is 2.19 bits per heavy atom. The highest BCUT2D eigenvalue weighted by molar-refractivity contribution is 7.49. The maximum absolute atomic E-state index is 13.2. The summed E-state index contributed by atoms with van der Waals surface area (Å²) < 4.78 is 63.2. The molecule has 2 bridgehead atoms. The fourth-order valence-corrected chi connectivity index (χ4v) is 2.07. The van der Waals surface area contributed by atoms with Crippen LogP contribution in [0.2, 0.25) is 0 Å². The Bertz CT molecular complexity index is 517. The minimum absolute atomic E-state index is 0.320. The molecule has 0 N–H and O–H groups in total. The van der Waals surface area contributed by atoms with E-state index >= 15 is 0 Å². The Morgan fingerprint density at radius 1 is 1.00 bits per heavy atom. The van der Waals surface area contributed by atoms with E-state index in [0.717, 1.165) is 0 Å². The van der Waals surface area contributed by atoms with Gasteiger partial charge >= 0.3 is 7.82 Å². The Hall–Kier alpha value is -1.12. The van der Waals surface area contributed by atoms with Crippen molar-refractivity contribution in [2.45, 2.75) is 0 Å². The topological polar surface area (TPSA) is 51.2 Å². The lowest BCUT2D eigenvalue weighted by molar-refractivity contribution is -0.319. The molecular weight excluding hydrogens is 252 g/mol. The lowest BCUT2D eigenvalue weighted by Crippen LogP contribution is -2.34. The first-order chi connectivity index (χ1) is 7.48. The van der Waals surface area contributed by atoms with Crippen LogP contribution in [0.5, 0.6) is 0 Å². The summed E-state index contributed by atoms with van der Waals surface area (Å²) in [6, 6.07) is 0.839. The van der Waals surface area contributed by atoms with Crippen LogP contribution in [0.25, 0.3) is 0 Å². The molecule has 4 rings (SSSR count). The maximum atomic E-state index is 13.2. The van der Waals surface area contributed by atoms with Gasteiger partial charge in [0.2, 0.25) is 0 Å². The molecule has 0 aromatic heterocycles. The van der Waals surface area contributed by atoms with Crippen molar-refractivity contribution >= 4 is 13.5 Å². The average molecular weight is 254 g/mol. The first kappa shape index (κ1) is 10.1. The van der Waals surface area contributed by atoms with Crippen molar-refractivity contribution in [2.24, 2.45) is 0 Å². The monoisotopic (exact) mass is 254 g/mol. The number of halogens is 3. The van der Waals surface area contributed by atoms with Crippen molar-refractivity contribution in [3.63, 3.8) is 0 Å². The Balaban J connectivity index is 2.02. The van der Waals surface area contributed by atoms with E-state index in [1.807, 2.05) is 0 Å². The smallest absolute Gasteiger partial charge is 0.222 e. The molecule has 0 radical (unpaired) electrons. The highest BCUT2D eigenvalue weighted by atomic mass is 31.2. The predicted molar refractivity (Wildman–Crippen MR) is 41.5 cm³/mol. The number of benzene rings is 1. The van der Waals surface area contributed by atoms with Gasteiger partial charge in [-0.15, -0.1) is 19.0 Å². The Morgan fingerprint density at radius 2 is 1.62 bits per heavy atom. The van der Waals surface area contributed by atoms with Crippen molar-refractivity contribution in [3.05, 3.63) is 29.6 Å². The fourth-order valence-electron chi connectivity index (χ4n) is 1.19. The van der Waals surface area contributed by atoms with Crippen LogP contribution in [0.1, 0.15) is 0 Å². The van der Waals surface area contributed by atoms with Crippen LogP contribution in [-0.2, 0) is 18.4 Å². The molecule has 3 aliphatic heterocycles. The summed E-state index contributed by atoms with van der Waals surface area (Å²) in [5.74, 6) is -3.76. The number of hydrazine groups is 1. The van der Waals surface area contributed by atoms with Gasteiger partial charge in [0, 0.05) is 12.1 Å². The number of hydrogen-bond donors (Lipinski definition) is 0. The molecule has 0 aliphatic carbocycles. The number of hydrogen-bond acceptors (Lipinski definition) is 6. The molecule has 1 aromatic rings. The highest BCUT2D eigenvalue weighted by Gasteiger charge is 2.60. The van der Waals surface area contributed by atoms with E-state index in [1.165, 1.54) is 0 Å². The summed E-state index contributed by atoms with van der Waals surface area (Å²) in [4.78, 5) is 0. The Labute approximate surface area is 86.2 Å². The summed E-state index contributed by atoms with van der Waals surface area (Å²) in [7, 11) is -3.70. The number of phosphoric acid groups is 1. The van der Waals surface area contributed by atoms with E-state index < -0.39 is 31.0 Å². The second-order valence-corrected chi connectivity index (χ2v) is 4.30. The van der Waals surface area contributed by atoms with Gasteiger partial charge in [0.1, 0.15) is 5.69 Å². The molecule has 10 heteroatoms. The molecule has 3 saturated heterocycles. The molecule has 0 spiro atoms. The van der Waals surface area contributed by atoms with Gasteiger partial charge in [-0.2, -0.15) is 0 Å². The van der Waals surface area contributed by atoms with Crippen LogP contribution in [0.4, 0.5) is 18.9 Å². The summed E-state index contributed by atoms with van der Waals surface area (Å²) in [5, 5.41) is 0.940. The molecule has 16 heavy (non-hydrogen) atoms.